The van der Waals surface area contributed by atoms with Crippen LogP contribution in [0.25, 0.3) is 0 Å². The molecule has 0 saturated heterocycles. The van der Waals surface area contributed by atoms with Crippen molar-refractivity contribution in [3.8, 4) is 0 Å². The number of urea groups is 1. The van der Waals surface area contributed by atoms with Crippen LogP contribution in [0.2, 0.25) is 0 Å². The zero-order valence-electron chi connectivity index (χ0n) is 16.1. The minimum Gasteiger partial charge on any atom is -0.463 e. The topological polar surface area (TPSA) is 146 Å². The van der Waals surface area contributed by atoms with Gasteiger partial charge in [0.1, 0.15) is 5.84 Å². The predicted octanol–water partition coefficient (Wildman–Crippen LogP) is 2.38. The van der Waals surface area contributed by atoms with Gasteiger partial charge in [0, 0.05) is 11.3 Å². The van der Waals surface area contributed by atoms with Crippen molar-refractivity contribution in [1.82, 2.24) is 10.6 Å². The molecular formula is C20H23N5O4. The number of rotatable bonds is 6. The molecule has 0 saturated carbocycles. The molecule has 0 aliphatic heterocycles. The average Bonchev–Trinajstić information content (AvgIpc) is 2.67. The van der Waals surface area contributed by atoms with Gasteiger partial charge in [-0.25, -0.2) is 9.59 Å². The van der Waals surface area contributed by atoms with Gasteiger partial charge in [0.15, 0.2) is 0 Å². The first kappa shape index (κ1) is 21.4. The van der Waals surface area contributed by atoms with E-state index in [-0.39, 0.29) is 24.3 Å². The van der Waals surface area contributed by atoms with Gasteiger partial charge in [0.05, 0.1) is 12.6 Å². The maximum absolute atomic E-state index is 12.0. The number of amides is 4. The molecule has 9 nitrogen and oxygen atoms in total. The average molecular weight is 397 g/mol. The van der Waals surface area contributed by atoms with Crippen molar-refractivity contribution in [2.45, 2.75) is 19.9 Å². The van der Waals surface area contributed by atoms with E-state index in [1.165, 1.54) is 12.1 Å². The molecule has 1 unspecified atom stereocenters. The number of nitrogens with two attached hydrogens (primary N) is 1. The second-order valence-corrected chi connectivity index (χ2v) is 6.36. The van der Waals surface area contributed by atoms with Crippen molar-refractivity contribution >= 4 is 29.6 Å². The van der Waals surface area contributed by atoms with Gasteiger partial charge in [0.25, 0.3) is 0 Å². The summed E-state index contributed by atoms with van der Waals surface area (Å²) in [6, 6.07) is 13.2. The van der Waals surface area contributed by atoms with E-state index in [0.29, 0.717) is 11.3 Å². The van der Waals surface area contributed by atoms with Crippen LogP contribution in [0, 0.1) is 6.92 Å². The Morgan fingerprint density at radius 2 is 1.69 bits per heavy atom. The van der Waals surface area contributed by atoms with Crippen molar-refractivity contribution in [2.24, 2.45) is 10.7 Å². The molecule has 9 heteroatoms. The number of amidine groups is 1. The molecule has 0 heterocycles. The van der Waals surface area contributed by atoms with E-state index >= 15 is 0 Å². The third-order valence-electron chi connectivity index (χ3n) is 4.02. The number of anilines is 1. The van der Waals surface area contributed by atoms with Crippen LogP contribution >= 0.6 is 0 Å². The highest BCUT2D eigenvalue weighted by atomic mass is 16.4. The van der Waals surface area contributed by atoms with Crippen LogP contribution in [0.4, 0.5) is 15.3 Å². The largest absolute Gasteiger partial charge is 0.463 e. The summed E-state index contributed by atoms with van der Waals surface area (Å²) in [5.41, 5.74) is 8.50. The molecule has 2 aromatic rings. The summed E-state index contributed by atoms with van der Waals surface area (Å²) in [5, 5.41) is 16.4. The zero-order valence-corrected chi connectivity index (χ0v) is 16.1. The molecule has 2 rings (SSSR count). The number of hydrogen-bond donors (Lipinski definition) is 5. The Bertz CT molecular complexity index is 907. The maximum atomic E-state index is 12.0. The molecule has 29 heavy (non-hydrogen) atoms. The Balaban J connectivity index is 1.81. The number of carboxylic acid groups (broad SMARTS) is 1. The zero-order chi connectivity index (χ0) is 21.4. The van der Waals surface area contributed by atoms with Crippen LogP contribution in [0.1, 0.15) is 29.7 Å². The van der Waals surface area contributed by atoms with Crippen LogP contribution in [-0.4, -0.2) is 35.5 Å². The summed E-state index contributed by atoms with van der Waals surface area (Å²) in [7, 11) is 0. The lowest BCUT2D eigenvalue weighted by molar-refractivity contribution is -0.120. The molecule has 0 fully saturated rings. The highest BCUT2D eigenvalue weighted by Crippen LogP contribution is 2.13. The van der Waals surface area contributed by atoms with Crippen molar-refractivity contribution < 1.29 is 19.5 Å². The van der Waals surface area contributed by atoms with Crippen molar-refractivity contribution in [1.29, 1.82) is 0 Å². The first-order chi connectivity index (χ1) is 13.7. The molecule has 0 bridgehead atoms. The molecule has 0 aliphatic carbocycles. The number of carbonyl (C=O) groups excluding carboxylic acids is 2. The fraction of sp³-hybridized carbons (Fsp3) is 0.200. The monoisotopic (exact) mass is 397 g/mol. The lowest BCUT2D eigenvalue weighted by Crippen LogP contribution is -2.39. The first-order valence-electron chi connectivity index (χ1n) is 8.83. The summed E-state index contributed by atoms with van der Waals surface area (Å²) in [6.07, 6.45) is -1.39. The van der Waals surface area contributed by atoms with E-state index in [9.17, 15) is 14.4 Å². The van der Waals surface area contributed by atoms with E-state index in [0.717, 1.165) is 11.1 Å². The Hall–Kier alpha value is -3.88. The van der Waals surface area contributed by atoms with E-state index < -0.39 is 12.1 Å². The summed E-state index contributed by atoms with van der Waals surface area (Å²) >= 11 is 0. The van der Waals surface area contributed by atoms with E-state index in [2.05, 4.69) is 20.9 Å². The Morgan fingerprint density at radius 3 is 2.28 bits per heavy atom. The van der Waals surface area contributed by atoms with E-state index in [1.807, 2.05) is 38.1 Å². The molecule has 0 radical (unpaired) electrons. The fourth-order valence-electron chi connectivity index (χ4n) is 2.46. The van der Waals surface area contributed by atoms with Gasteiger partial charge in [0.2, 0.25) is 5.91 Å². The van der Waals surface area contributed by atoms with Gasteiger partial charge in [-0.15, -0.1) is 0 Å². The molecule has 1 atom stereocenters. The van der Waals surface area contributed by atoms with Crippen LogP contribution in [0.5, 0.6) is 0 Å². The predicted molar refractivity (Wildman–Crippen MR) is 110 cm³/mol. The molecule has 0 spiro atoms. The highest BCUT2D eigenvalue weighted by molar-refractivity contribution is 6.03. The minimum atomic E-state index is -1.39. The van der Waals surface area contributed by atoms with Gasteiger partial charge in [-0.2, -0.15) is 4.99 Å². The summed E-state index contributed by atoms with van der Waals surface area (Å²) in [6.45, 7) is 3.67. The lowest BCUT2D eigenvalue weighted by Gasteiger charge is -2.15. The van der Waals surface area contributed by atoms with E-state index in [1.54, 1.807) is 12.1 Å². The summed E-state index contributed by atoms with van der Waals surface area (Å²) in [5.74, 6) is -0.464. The SMILES string of the molecule is Cc1ccc(C(C)NC(=O)CNC(=O)Nc2ccc(C(N)=NC(=O)O)cc2)cc1. The van der Waals surface area contributed by atoms with Gasteiger partial charge < -0.3 is 26.8 Å². The molecule has 152 valence electrons. The molecule has 2 aromatic carbocycles. The van der Waals surface area contributed by atoms with Gasteiger partial charge in [-0.1, -0.05) is 29.8 Å². The van der Waals surface area contributed by atoms with Crippen LogP contribution < -0.4 is 21.7 Å². The molecule has 0 aliphatic rings. The minimum absolute atomic E-state index is 0.145. The second-order valence-electron chi connectivity index (χ2n) is 6.36. The number of aliphatic imine (C=N–C) groups is 1. The van der Waals surface area contributed by atoms with Crippen LogP contribution in [0.15, 0.2) is 53.5 Å². The number of aryl methyl sites for hydroxylation is 1. The van der Waals surface area contributed by atoms with E-state index in [4.69, 9.17) is 10.8 Å². The summed E-state index contributed by atoms with van der Waals surface area (Å²) < 4.78 is 0. The smallest absolute Gasteiger partial charge is 0.433 e. The Kier molecular flexibility index (Phi) is 7.30. The normalized spacial score (nSPS) is 12.0. The molecule has 6 N–H and O–H groups in total. The van der Waals surface area contributed by atoms with Crippen molar-refractivity contribution in [3.05, 3.63) is 65.2 Å². The van der Waals surface area contributed by atoms with Crippen LogP contribution in [0.3, 0.4) is 0 Å². The number of carbonyl (C=O) groups is 3. The number of nitrogens with one attached hydrogen (secondary N) is 3. The fourth-order valence-corrected chi connectivity index (χ4v) is 2.46. The molecule has 4 amide bonds. The van der Waals surface area contributed by atoms with Crippen LogP contribution in [-0.2, 0) is 4.79 Å². The van der Waals surface area contributed by atoms with Gasteiger partial charge in [-0.05, 0) is 43.7 Å². The standard InChI is InChI=1S/C20H23N5O4/c1-12-3-5-14(6-4-12)13(2)23-17(26)11-22-19(27)24-16-9-7-15(8-10-16)18(21)25-20(28)29/h3-10,13H,11H2,1-2H3,(H2,21,25)(H,23,26)(H,28,29)(H2,22,24,27). The lowest BCUT2D eigenvalue weighted by atomic mass is 10.1. The number of hydrogen-bond acceptors (Lipinski definition) is 3. The highest BCUT2D eigenvalue weighted by Gasteiger charge is 2.11. The molecule has 0 aromatic heterocycles. The molecular weight excluding hydrogens is 374 g/mol. The first-order valence-corrected chi connectivity index (χ1v) is 8.83. The summed E-state index contributed by atoms with van der Waals surface area (Å²) in [4.78, 5) is 37.7. The van der Waals surface area contributed by atoms with Gasteiger partial charge in [-0.3, -0.25) is 4.79 Å². The third kappa shape index (κ3) is 6.98. The van der Waals surface area contributed by atoms with Gasteiger partial charge >= 0.3 is 12.1 Å². The quantitative estimate of drug-likeness (QED) is 0.375. The second kappa shape index (κ2) is 9.88. The Morgan fingerprint density at radius 1 is 1.07 bits per heavy atom. The van der Waals surface area contributed by atoms with Crippen molar-refractivity contribution in [3.63, 3.8) is 0 Å². The maximum Gasteiger partial charge on any atom is 0.433 e. The third-order valence-corrected chi connectivity index (χ3v) is 4.02. The number of benzene rings is 2. The number of nitrogens with zero attached hydrogens (tertiary/aromatic N) is 1. The van der Waals surface area contributed by atoms with Crippen molar-refractivity contribution in [2.75, 3.05) is 11.9 Å². The Labute approximate surface area is 168 Å².